The van der Waals surface area contributed by atoms with Gasteiger partial charge in [-0.05, 0) is 24.1 Å². The molecule has 1 unspecified atom stereocenters. The molecule has 1 aromatic carbocycles. The van der Waals surface area contributed by atoms with Crippen LogP contribution in [-0.2, 0) is 11.3 Å². The molecule has 18 heavy (non-hydrogen) atoms. The van der Waals surface area contributed by atoms with Crippen molar-refractivity contribution in [1.82, 2.24) is 4.90 Å². The number of carbonyl (C=O) groups excluding carboxylic acids is 1. The highest BCUT2D eigenvalue weighted by molar-refractivity contribution is 9.10. The van der Waals surface area contributed by atoms with Gasteiger partial charge in [0.25, 0.3) is 0 Å². The normalized spacial score (nSPS) is 19.2. The zero-order valence-electron chi connectivity index (χ0n) is 10.5. The molecule has 0 saturated carbocycles. The zero-order valence-corrected chi connectivity index (χ0v) is 12.1. The Morgan fingerprint density at radius 2 is 2.06 bits per heavy atom. The first kappa shape index (κ1) is 13.2. The van der Waals surface area contributed by atoms with Crippen LogP contribution in [0, 0.1) is 0 Å². The van der Waals surface area contributed by atoms with Crippen LogP contribution in [-0.4, -0.2) is 36.4 Å². The number of methoxy groups -OCH3 is 2. The molecule has 4 nitrogen and oxygen atoms in total. The SMILES string of the molecule is COc1ccc(CN2CCC(Br)C2=O)cc1OC. The number of rotatable bonds is 4. The number of ether oxygens (including phenoxy) is 2. The minimum absolute atomic E-state index is 0.0300. The van der Waals surface area contributed by atoms with Crippen LogP contribution in [0.3, 0.4) is 0 Å². The fourth-order valence-corrected chi connectivity index (χ4v) is 2.55. The highest BCUT2D eigenvalue weighted by atomic mass is 79.9. The van der Waals surface area contributed by atoms with E-state index in [2.05, 4.69) is 15.9 Å². The van der Waals surface area contributed by atoms with Gasteiger partial charge in [-0.1, -0.05) is 22.0 Å². The van der Waals surface area contributed by atoms with Crippen LogP contribution >= 0.6 is 15.9 Å². The summed E-state index contributed by atoms with van der Waals surface area (Å²) in [5.41, 5.74) is 1.04. The van der Waals surface area contributed by atoms with Crippen molar-refractivity contribution in [2.45, 2.75) is 17.8 Å². The smallest absolute Gasteiger partial charge is 0.236 e. The second-order valence-electron chi connectivity index (χ2n) is 4.21. The fourth-order valence-electron chi connectivity index (χ4n) is 2.06. The summed E-state index contributed by atoms with van der Waals surface area (Å²) >= 11 is 3.37. The molecule has 0 spiro atoms. The maximum atomic E-state index is 11.8. The molecule has 1 aromatic rings. The summed E-state index contributed by atoms with van der Waals surface area (Å²) in [5.74, 6) is 1.55. The van der Waals surface area contributed by atoms with Crippen LogP contribution < -0.4 is 9.47 Å². The summed E-state index contributed by atoms with van der Waals surface area (Å²) in [5, 5.41) is 0. The summed E-state index contributed by atoms with van der Waals surface area (Å²) < 4.78 is 10.4. The molecule has 1 aliphatic heterocycles. The van der Waals surface area contributed by atoms with Crippen LogP contribution in [0.2, 0.25) is 0 Å². The van der Waals surface area contributed by atoms with E-state index >= 15 is 0 Å². The summed E-state index contributed by atoms with van der Waals surface area (Å²) in [6.07, 6.45) is 0.867. The molecule has 1 aliphatic rings. The lowest BCUT2D eigenvalue weighted by Gasteiger charge is -2.17. The van der Waals surface area contributed by atoms with Gasteiger partial charge in [-0.15, -0.1) is 0 Å². The Bertz CT molecular complexity index is 450. The van der Waals surface area contributed by atoms with E-state index in [1.54, 1.807) is 14.2 Å². The molecule has 0 aromatic heterocycles. The van der Waals surface area contributed by atoms with Gasteiger partial charge in [0.2, 0.25) is 5.91 Å². The number of benzene rings is 1. The van der Waals surface area contributed by atoms with E-state index in [0.29, 0.717) is 18.0 Å². The van der Waals surface area contributed by atoms with Crippen molar-refractivity contribution in [3.8, 4) is 11.5 Å². The Morgan fingerprint density at radius 1 is 1.33 bits per heavy atom. The minimum Gasteiger partial charge on any atom is -0.493 e. The number of hydrogen-bond acceptors (Lipinski definition) is 3. The van der Waals surface area contributed by atoms with E-state index in [0.717, 1.165) is 18.5 Å². The number of nitrogens with zero attached hydrogens (tertiary/aromatic N) is 1. The lowest BCUT2D eigenvalue weighted by molar-refractivity contribution is -0.127. The van der Waals surface area contributed by atoms with Crippen molar-refractivity contribution in [2.24, 2.45) is 0 Å². The Labute approximate surface area is 115 Å². The standard InChI is InChI=1S/C13H16BrNO3/c1-17-11-4-3-9(7-12(11)18-2)8-15-6-5-10(14)13(15)16/h3-4,7,10H,5-6,8H2,1-2H3. The van der Waals surface area contributed by atoms with Crippen molar-refractivity contribution in [3.63, 3.8) is 0 Å². The molecule has 0 aliphatic carbocycles. The van der Waals surface area contributed by atoms with Gasteiger partial charge in [-0.3, -0.25) is 4.79 Å². The molecular formula is C13H16BrNO3. The van der Waals surface area contributed by atoms with Crippen LogP contribution in [0.4, 0.5) is 0 Å². The van der Waals surface area contributed by atoms with Crippen LogP contribution in [0.1, 0.15) is 12.0 Å². The molecular weight excluding hydrogens is 298 g/mol. The van der Waals surface area contributed by atoms with Crippen LogP contribution in [0.15, 0.2) is 18.2 Å². The summed E-state index contributed by atoms with van der Waals surface area (Å²) in [6, 6.07) is 5.73. The van der Waals surface area contributed by atoms with E-state index in [9.17, 15) is 4.79 Å². The molecule has 1 fully saturated rings. The van der Waals surface area contributed by atoms with Crippen molar-refractivity contribution in [2.75, 3.05) is 20.8 Å². The molecule has 98 valence electrons. The Hall–Kier alpha value is -1.23. The van der Waals surface area contributed by atoms with Crippen molar-refractivity contribution in [3.05, 3.63) is 23.8 Å². The van der Waals surface area contributed by atoms with Crippen molar-refractivity contribution in [1.29, 1.82) is 0 Å². The van der Waals surface area contributed by atoms with Crippen LogP contribution in [0.5, 0.6) is 11.5 Å². The van der Waals surface area contributed by atoms with Crippen molar-refractivity contribution >= 4 is 21.8 Å². The average Bonchev–Trinajstić information content (AvgIpc) is 2.70. The lowest BCUT2D eigenvalue weighted by Crippen LogP contribution is -2.26. The predicted molar refractivity (Wildman–Crippen MR) is 72.3 cm³/mol. The average molecular weight is 314 g/mol. The number of carbonyl (C=O) groups is 1. The minimum atomic E-state index is -0.0300. The maximum Gasteiger partial charge on any atom is 0.236 e. The highest BCUT2D eigenvalue weighted by Crippen LogP contribution is 2.29. The molecule has 0 N–H and O–H groups in total. The van der Waals surface area contributed by atoms with Gasteiger partial charge in [0.1, 0.15) is 0 Å². The largest absolute Gasteiger partial charge is 0.493 e. The third-order valence-corrected chi connectivity index (χ3v) is 3.90. The lowest BCUT2D eigenvalue weighted by atomic mass is 10.2. The Balaban J connectivity index is 2.12. The fraction of sp³-hybridized carbons (Fsp3) is 0.462. The quantitative estimate of drug-likeness (QED) is 0.800. The van der Waals surface area contributed by atoms with Gasteiger partial charge in [-0.2, -0.15) is 0 Å². The zero-order chi connectivity index (χ0) is 13.1. The third kappa shape index (κ3) is 2.61. The Morgan fingerprint density at radius 3 is 2.61 bits per heavy atom. The highest BCUT2D eigenvalue weighted by Gasteiger charge is 2.29. The number of likely N-dealkylation sites (tertiary alicyclic amines) is 1. The van der Waals surface area contributed by atoms with Gasteiger partial charge < -0.3 is 14.4 Å². The number of amides is 1. The molecule has 0 radical (unpaired) electrons. The van der Waals surface area contributed by atoms with Gasteiger partial charge in [0, 0.05) is 13.1 Å². The first-order chi connectivity index (χ1) is 8.65. The van der Waals surface area contributed by atoms with Gasteiger partial charge in [0.15, 0.2) is 11.5 Å². The molecule has 1 amide bonds. The Kier molecular flexibility index (Phi) is 4.11. The van der Waals surface area contributed by atoms with E-state index in [4.69, 9.17) is 9.47 Å². The summed E-state index contributed by atoms with van der Waals surface area (Å²) in [7, 11) is 3.22. The monoisotopic (exact) mass is 313 g/mol. The molecule has 1 saturated heterocycles. The van der Waals surface area contributed by atoms with Crippen LogP contribution in [0.25, 0.3) is 0 Å². The third-order valence-electron chi connectivity index (χ3n) is 3.05. The van der Waals surface area contributed by atoms with E-state index < -0.39 is 0 Å². The first-order valence-corrected chi connectivity index (χ1v) is 6.71. The summed E-state index contributed by atoms with van der Waals surface area (Å²) in [4.78, 5) is 13.6. The van der Waals surface area contributed by atoms with E-state index in [1.165, 1.54) is 0 Å². The van der Waals surface area contributed by atoms with Gasteiger partial charge in [-0.25, -0.2) is 0 Å². The molecule has 1 heterocycles. The molecule has 1 atom stereocenters. The second kappa shape index (κ2) is 5.61. The van der Waals surface area contributed by atoms with Gasteiger partial charge in [0.05, 0.1) is 19.0 Å². The van der Waals surface area contributed by atoms with Gasteiger partial charge >= 0.3 is 0 Å². The van der Waals surface area contributed by atoms with Crippen molar-refractivity contribution < 1.29 is 14.3 Å². The molecule has 2 rings (SSSR count). The number of halogens is 1. The second-order valence-corrected chi connectivity index (χ2v) is 5.31. The molecule has 5 heteroatoms. The number of hydrogen-bond donors (Lipinski definition) is 0. The topological polar surface area (TPSA) is 38.8 Å². The first-order valence-electron chi connectivity index (χ1n) is 5.79. The van der Waals surface area contributed by atoms with E-state index in [-0.39, 0.29) is 10.7 Å². The molecule has 0 bridgehead atoms. The number of alkyl halides is 1. The summed E-state index contributed by atoms with van der Waals surface area (Å²) in [6.45, 7) is 1.41. The van der Waals surface area contributed by atoms with E-state index in [1.807, 2.05) is 23.1 Å². The predicted octanol–water partition coefficient (Wildman–Crippen LogP) is 2.20. The maximum absolute atomic E-state index is 11.8.